The van der Waals surface area contributed by atoms with E-state index in [-0.39, 0.29) is 16.8 Å². The Hall–Kier alpha value is -1.18. The molecule has 1 N–H and O–H groups in total. The second-order valence-electron chi connectivity index (χ2n) is 5.28. The number of anilines is 1. The fraction of sp³-hybridized carbons (Fsp3) is 0.500. The zero-order valence-electron chi connectivity index (χ0n) is 13.5. The predicted octanol–water partition coefficient (Wildman–Crippen LogP) is 4.21. The number of hydrogen-bond donors (Lipinski definition) is 1. The van der Waals surface area contributed by atoms with Gasteiger partial charge in [0.15, 0.2) is 5.13 Å². The van der Waals surface area contributed by atoms with Crippen molar-refractivity contribution in [1.82, 2.24) is 4.98 Å². The van der Waals surface area contributed by atoms with Gasteiger partial charge in [-0.05, 0) is 31.5 Å². The van der Waals surface area contributed by atoms with Gasteiger partial charge in [-0.15, -0.1) is 0 Å². The van der Waals surface area contributed by atoms with Gasteiger partial charge in [0, 0.05) is 7.11 Å². The van der Waals surface area contributed by atoms with Crippen LogP contribution in [0.15, 0.2) is 18.2 Å². The minimum Gasteiger partial charge on any atom is -0.488 e. The van der Waals surface area contributed by atoms with Crippen LogP contribution in [0.25, 0.3) is 10.2 Å². The molecule has 0 saturated carbocycles. The summed E-state index contributed by atoms with van der Waals surface area (Å²) < 4.78 is 11.8. The van der Waals surface area contributed by atoms with Crippen molar-refractivity contribution in [2.24, 2.45) is 0 Å². The third kappa shape index (κ3) is 5.16. The van der Waals surface area contributed by atoms with Crippen molar-refractivity contribution < 1.29 is 14.3 Å². The number of thiazole rings is 1. The molecule has 0 radical (unpaired) electrons. The van der Waals surface area contributed by atoms with E-state index < -0.39 is 0 Å². The van der Waals surface area contributed by atoms with Crippen molar-refractivity contribution >= 4 is 48.5 Å². The molecule has 1 aromatic heterocycles. The molecule has 0 fully saturated rings. The number of benzene rings is 1. The van der Waals surface area contributed by atoms with Gasteiger partial charge in [-0.1, -0.05) is 40.6 Å². The summed E-state index contributed by atoms with van der Waals surface area (Å²) in [6.07, 6.45) is 1.73. The monoisotopic (exact) mass is 400 g/mol. The lowest BCUT2D eigenvalue weighted by molar-refractivity contribution is -0.115. The van der Waals surface area contributed by atoms with Gasteiger partial charge in [0.05, 0.1) is 21.7 Å². The normalized spacial score (nSPS) is 13.7. The van der Waals surface area contributed by atoms with E-state index in [1.54, 1.807) is 7.11 Å². The van der Waals surface area contributed by atoms with Crippen LogP contribution in [-0.4, -0.2) is 35.5 Å². The zero-order valence-corrected chi connectivity index (χ0v) is 15.9. The van der Waals surface area contributed by atoms with Crippen molar-refractivity contribution in [3.8, 4) is 5.75 Å². The van der Waals surface area contributed by atoms with E-state index in [1.165, 1.54) is 11.3 Å². The second kappa shape index (κ2) is 8.61. The van der Waals surface area contributed by atoms with E-state index in [0.29, 0.717) is 11.7 Å². The number of nitrogens with one attached hydrogen (secondary N) is 1. The van der Waals surface area contributed by atoms with Crippen molar-refractivity contribution in [3.63, 3.8) is 0 Å². The summed E-state index contributed by atoms with van der Waals surface area (Å²) >= 11 is 4.83. The van der Waals surface area contributed by atoms with Gasteiger partial charge >= 0.3 is 0 Å². The average Bonchev–Trinajstić information content (AvgIpc) is 2.89. The first kappa shape index (κ1) is 18.2. The SMILES string of the molecule is CCC[C@@H](Br)C(=O)Nc1nc2ccc(O[C@@H](C)COC)cc2s1. The smallest absolute Gasteiger partial charge is 0.239 e. The van der Waals surface area contributed by atoms with Gasteiger partial charge in [-0.3, -0.25) is 4.79 Å². The van der Waals surface area contributed by atoms with Gasteiger partial charge in [-0.25, -0.2) is 4.98 Å². The molecule has 0 aliphatic heterocycles. The molecule has 5 nitrogen and oxygen atoms in total. The minimum atomic E-state index is -0.187. The van der Waals surface area contributed by atoms with Crippen molar-refractivity contribution in [3.05, 3.63) is 18.2 Å². The highest BCUT2D eigenvalue weighted by Crippen LogP contribution is 2.30. The van der Waals surface area contributed by atoms with Crippen LogP contribution in [-0.2, 0) is 9.53 Å². The number of fused-ring (bicyclic) bond motifs is 1. The molecular formula is C16H21BrN2O3S. The zero-order chi connectivity index (χ0) is 16.8. The maximum atomic E-state index is 12.0. The topological polar surface area (TPSA) is 60.5 Å². The van der Waals surface area contributed by atoms with E-state index >= 15 is 0 Å². The Morgan fingerprint density at radius 1 is 1.48 bits per heavy atom. The Kier molecular flexibility index (Phi) is 6.80. The summed E-state index contributed by atoms with van der Waals surface area (Å²) in [6.45, 7) is 4.54. The number of amides is 1. The van der Waals surface area contributed by atoms with Crippen molar-refractivity contribution in [2.45, 2.75) is 37.6 Å². The van der Waals surface area contributed by atoms with Crippen LogP contribution in [0.2, 0.25) is 0 Å². The molecule has 1 aromatic carbocycles. The Labute approximate surface area is 148 Å². The van der Waals surface area contributed by atoms with E-state index in [9.17, 15) is 4.79 Å². The molecule has 7 heteroatoms. The second-order valence-corrected chi connectivity index (χ2v) is 7.41. The highest BCUT2D eigenvalue weighted by Gasteiger charge is 2.16. The van der Waals surface area contributed by atoms with Gasteiger partial charge in [0.25, 0.3) is 0 Å². The summed E-state index contributed by atoms with van der Waals surface area (Å²) in [5.41, 5.74) is 0.846. The molecule has 0 bridgehead atoms. The maximum Gasteiger partial charge on any atom is 0.239 e. The van der Waals surface area contributed by atoms with Gasteiger partial charge in [0.2, 0.25) is 5.91 Å². The predicted molar refractivity (Wildman–Crippen MR) is 97.8 cm³/mol. The third-order valence-corrected chi connectivity index (χ3v) is 4.96. The van der Waals surface area contributed by atoms with Gasteiger partial charge in [0.1, 0.15) is 11.9 Å². The Balaban J connectivity index is 2.08. The Morgan fingerprint density at radius 2 is 2.26 bits per heavy atom. The number of rotatable bonds is 8. The molecule has 2 atom stereocenters. The fourth-order valence-corrected chi connectivity index (χ4v) is 3.57. The Bertz CT molecular complexity index is 662. The summed E-state index contributed by atoms with van der Waals surface area (Å²) in [6, 6.07) is 5.71. The number of halogens is 1. The lowest BCUT2D eigenvalue weighted by Gasteiger charge is -2.13. The molecule has 0 aliphatic carbocycles. The average molecular weight is 401 g/mol. The summed E-state index contributed by atoms with van der Waals surface area (Å²) in [5.74, 6) is 0.712. The highest BCUT2D eigenvalue weighted by molar-refractivity contribution is 9.10. The minimum absolute atomic E-state index is 0.0206. The number of ether oxygens (including phenoxy) is 2. The molecule has 2 rings (SSSR count). The highest BCUT2D eigenvalue weighted by atomic mass is 79.9. The van der Waals surface area contributed by atoms with Crippen LogP contribution in [0.4, 0.5) is 5.13 Å². The summed E-state index contributed by atoms with van der Waals surface area (Å²) in [4.78, 5) is 16.3. The van der Waals surface area contributed by atoms with Crippen LogP contribution in [0.5, 0.6) is 5.75 Å². The number of methoxy groups -OCH3 is 1. The standard InChI is InChI=1S/C16H21BrN2O3S/c1-4-5-12(17)15(20)19-16-18-13-7-6-11(8-14(13)23-16)22-10(2)9-21-3/h6-8,10,12H,4-5,9H2,1-3H3,(H,18,19,20)/t10-,12+/m0/s1. The maximum absolute atomic E-state index is 12.0. The molecule has 126 valence electrons. The molecule has 0 aliphatic rings. The fourth-order valence-electron chi connectivity index (χ4n) is 2.10. The lowest BCUT2D eigenvalue weighted by atomic mass is 10.2. The number of carbonyl (C=O) groups excluding carboxylic acids is 1. The van der Waals surface area contributed by atoms with Gasteiger partial charge in [-0.2, -0.15) is 0 Å². The number of nitrogens with zero attached hydrogens (tertiary/aromatic N) is 1. The number of alkyl halides is 1. The molecule has 0 spiro atoms. The van der Waals surface area contributed by atoms with Crippen molar-refractivity contribution in [2.75, 3.05) is 19.0 Å². The lowest BCUT2D eigenvalue weighted by Crippen LogP contribution is -2.22. The molecule has 1 amide bonds. The van der Waals surface area contributed by atoms with Crippen LogP contribution in [0, 0.1) is 0 Å². The van der Waals surface area contributed by atoms with E-state index in [0.717, 1.165) is 28.8 Å². The third-order valence-electron chi connectivity index (χ3n) is 3.16. The molecule has 23 heavy (non-hydrogen) atoms. The number of hydrogen-bond acceptors (Lipinski definition) is 5. The van der Waals surface area contributed by atoms with E-state index in [4.69, 9.17) is 9.47 Å². The summed E-state index contributed by atoms with van der Waals surface area (Å²) in [5, 5.41) is 3.46. The first-order valence-electron chi connectivity index (χ1n) is 7.54. The van der Waals surface area contributed by atoms with E-state index in [1.807, 2.05) is 32.0 Å². The quantitative estimate of drug-likeness (QED) is 0.674. The Morgan fingerprint density at radius 3 is 2.96 bits per heavy atom. The van der Waals surface area contributed by atoms with E-state index in [2.05, 4.69) is 26.2 Å². The van der Waals surface area contributed by atoms with Crippen LogP contribution < -0.4 is 10.1 Å². The van der Waals surface area contributed by atoms with Crippen LogP contribution in [0.1, 0.15) is 26.7 Å². The first-order valence-corrected chi connectivity index (χ1v) is 9.27. The molecule has 0 unspecified atom stereocenters. The largest absolute Gasteiger partial charge is 0.488 e. The van der Waals surface area contributed by atoms with Gasteiger partial charge < -0.3 is 14.8 Å². The van der Waals surface area contributed by atoms with Crippen LogP contribution in [0.3, 0.4) is 0 Å². The van der Waals surface area contributed by atoms with Crippen molar-refractivity contribution in [1.29, 1.82) is 0 Å². The molecule has 2 aromatic rings. The summed E-state index contributed by atoms with van der Waals surface area (Å²) in [7, 11) is 1.65. The molecular weight excluding hydrogens is 380 g/mol. The molecule has 0 saturated heterocycles. The molecule has 1 heterocycles. The number of carbonyl (C=O) groups is 1. The van der Waals surface area contributed by atoms with Crippen LogP contribution >= 0.6 is 27.3 Å². The number of aromatic nitrogens is 1. The first-order chi connectivity index (χ1) is 11.0.